The van der Waals surface area contributed by atoms with Crippen LogP contribution in [0.5, 0.6) is 5.75 Å². The van der Waals surface area contributed by atoms with Gasteiger partial charge in [0.05, 0.1) is 12.0 Å². The molecule has 160 valence electrons. The van der Waals surface area contributed by atoms with Gasteiger partial charge in [0, 0.05) is 18.8 Å². The van der Waals surface area contributed by atoms with Crippen molar-refractivity contribution in [3.8, 4) is 5.75 Å². The smallest absolute Gasteiger partial charge is 0.246 e. The highest BCUT2D eigenvalue weighted by Gasteiger charge is 2.51. The van der Waals surface area contributed by atoms with Crippen molar-refractivity contribution < 1.29 is 17.9 Å². The van der Waals surface area contributed by atoms with E-state index in [4.69, 9.17) is 4.74 Å². The van der Waals surface area contributed by atoms with Crippen molar-refractivity contribution in [1.29, 1.82) is 0 Å². The minimum absolute atomic E-state index is 0.0980. The van der Waals surface area contributed by atoms with Gasteiger partial charge in [-0.15, -0.1) is 0 Å². The van der Waals surface area contributed by atoms with Crippen molar-refractivity contribution in [1.82, 2.24) is 4.31 Å². The lowest BCUT2D eigenvalue weighted by Crippen LogP contribution is -2.36. The van der Waals surface area contributed by atoms with Crippen LogP contribution in [-0.2, 0) is 20.2 Å². The SMILES string of the molecule is CCOc1ccc(NC(=O)C2(c3ccccc3)CC2)cc1S(=O)(=O)N1CCCCC1. The first kappa shape index (κ1) is 20.9. The number of nitrogens with one attached hydrogen (secondary N) is 1. The molecule has 0 aromatic heterocycles. The third-order valence-electron chi connectivity index (χ3n) is 5.95. The summed E-state index contributed by atoms with van der Waals surface area (Å²) in [5, 5.41) is 2.95. The third kappa shape index (κ3) is 3.96. The summed E-state index contributed by atoms with van der Waals surface area (Å²) in [5.41, 5.74) is 0.946. The molecule has 1 saturated heterocycles. The molecule has 0 unspecified atom stereocenters. The number of sulfonamides is 1. The van der Waals surface area contributed by atoms with E-state index in [2.05, 4.69) is 5.32 Å². The molecule has 6 nitrogen and oxygen atoms in total. The molecule has 2 aromatic rings. The number of hydrogen-bond acceptors (Lipinski definition) is 4. The second-order valence-electron chi connectivity index (χ2n) is 7.96. The minimum Gasteiger partial charge on any atom is -0.492 e. The van der Waals surface area contributed by atoms with Crippen LogP contribution in [0, 0.1) is 0 Å². The lowest BCUT2D eigenvalue weighted by molar-refractivity contribution is -0.118. The molecule has 1 heterocycles. The highest BCUT2D eigenvalue weighted by atomic mass is 32.2. The van der Waals surface area contributed by atoms with Gasteiger partial charge in [-0.25, -0.2) is 8.42 Å². The zero-order valence-electron chi connectivity index (χ0n) is 17.3. The van der Waals surface area contributed by atoms with Gasteiger partial charge in [0.15, 0.2) is 0 Å². The fourth-order valence-electron chi connectivity index (χ4n) is 4.09. The van der Waals surface area contributed by atoms with Gasteiger partial charge >= 0.3 is 0 Å². The Morgan fingerprint density at radius 1 is 1.07 bits per heavy atom. The zero-order valence-corrected chi connectivity index (χ0v) is 18.1. The van der Waals surface area contributed by atoms with E-state index in [-0.39, 0.29) is 10.8 Å². The number of carbonyl (C=O) groups excluding carboxylic acids is 1. The van der Waals surface area contributed by atoms with Gasteiger partial charge < -0.3 is 10.1 Å². The van der Waals surface area contributed by atoms with E-state index >= 15 is 0 Å². The maximum atomic E-state index is 13.3. The van der Waals surface area contributed by atoms with Crippen LogP contribution in [-0.4, -0.2) is 38.3 Å². The van der Waals surface area contributed by atoms with E-state index in [0.717, 1.165) is 37.7 Å². The Kier molecular flexibility index (Phi) is 5.84. The van der Waals surface area contributed by atoms with Crippen LogP contribution in [0.25, 0.3) is 0 Å². The van der Waals surface area contributed by atoms with Gasteiger partial charge in [0.1, 0.15) is 10.6 Å². The van der Waals surface area contributed by atoms with Crippen LogP contribution in [0.4, 0.5) is 5.69 Å². The number of piperidine rings is 1. The number of amides is 1. The largest absolute Gasteiger partial charge is 0.492 e. The van der Waals surface area contributed by atoms with Crippen molar-refractivity contribution in [2.45, 2.75) is 49.3 Å². The van der Waals surface area contributed by atoms with Gasteiger partial charge in [-0.3, -0.25) is 4.79 Å². The number of rotatable bonds is 7. The average molecular weight is 429 g/mol. The van der Waals surface area contributed by atoms with Crippen LogP contribution in [0.1, 0.15) is 44.6 Å². The summed E-state index contributed by atoms with van der Waals surface area (Å²) in [5.74, 6) is 0.226. The first-order valence-electron chi connectivity index (χ1n) is 10.6. The number of hydrogen-bond donors (Lipinski definition) is 1. The van der Waals surface area contributed by atoms with Crippen LogP contribution >= 0.6 is 0 Å². The van der Waals surface area contributed by atoms with Gasteiger partial charge in [-0.05, 0) is 56.4 Å². The highest BCUT2D eigenvalue weighted by Crippen LogP contribution is 2.49. The molecule has 1 saturated carbocycles. The summed E-state index contributed by atoms with van der Waals surface area (Å²) < 4.78 is 33.7. The molecule has 1 N–H and O–H groups in total. The van der Waals surface area contributed by atoms with E-state index in [0.29, 0.717) is 31.1 Å². The number of carbonyl (C=O) groups is 1. The fourth-order valence-corrected chi connectivity index (χ4v) is 5.76. The Morgan fingerprint density at radius 3 is 2.40 bits per heavy atom. The van der Waals surface area contributed by atoms with Crippen molar-refractivity contribution in [3.63, 3.8) is 0 Å². The molecule has 4 rings (SSSR count). The molecular formula is C23H28N2O4S. The van der Waals surface area contributed by atoms with Gasteiger partial charge in [-0.2, -0.15) is 4.31 Å². The Balaban J connectivity index is 1.62. The maximum absolute atomic E-state index is 13.3. The molecule has 0 radical (unpaired) electrons. The van der Waals surface area contributed by atoms with Crippen molar-refractivity contribution in [2.24, 2.45) is 0 Å². The van der Waals surface area contributed by atoms with E-state index in [1.807, 2.05) is 37.3 Å². The molecule has 2 fully saturated rings. The average Bonchev–Trinajstić information content (AvgIpc) is 3.58. The first-order valence-corrected chi connectivity index (χ1v) is 12.1. The number of ether oxygens (including phenoxy) is 1. The van der Waals surface area contributed by atoms with Crippen LogP contribution in [0.3, 0.4) is 0 Å². The minimum atomic E-state index is -3.69. The molecule has 0 bridgehead atoms. The number of benzene rings is 2. The molecule has 2 aromatic carbocycles. The topological polar surface area (TPSA) is 75.7 Å². The molecule has 0 spiro atoms. The van der Waals surface area contributed by atoms with Crippen LogP contribution < -0.4 is 10.1 Å². The van der Waals surface area contributed by atoms with E-state index in [1.165, 1.54) is 10.4 Å². The molecule has 0 atom stereocenters. The quantitative estimate of drug-likeness (QED) is 0.725. The molecular weight excluding hydrogens is 400 g/mol. The van der Waals surface area contributed by atoms with E-state index in [1.54, 1.807) is 12.1 Å². The van der Waals surface area contributed by atoms with E-state index in [9.17, 15) is 13.2 Å². The van der Waals surface area contributed by atoms with Gasteiger partial charge in [0.25, 0.3) is 0 Å². The Hall–Kier alpha value is -2.38. The number of anilines is 1. The van der Waals surface area contributed by atoms with Crippen molar-refractivity contribution in [3.05, 3.63) is 54.1 Å². The fraction of sp³-hybridized carbons (Fsp3) is 0.435. The standard InChI is InChI=1S/C23H28N2O4S/c1-2-29-20-12-11-19(17-21(20)30(27,28)25-15-7-4-8-16-25)24-22(26)23(13-14-23)18-9-5-3-6-10-18/h3,5-6,9-12,17H,2,4,7-8,13-16H2,1H3,(H,24,26). The molecule has 1 aliphatic heterocycles. The van der Waals surface area contributed by atoms with Crippen LogP contribution in [0.2, 0.25) is 0 Å². The van der Waals surface area contributed by atoms with Crippen molar-refractivity contribution >= 4 is 21.6 Å². The molecule has 7 heteroatoms. The molecule has 1 aliphatic carbocycles. The molecule has 1 amide bonds. The molecule has 30 heavy (non-hydrogen) atoms. The van der Waals surface area contributed by atoms with E-state index < -0.39 is 15.4 Å². The molecule has 2 aliphatic rings. The summed E-state index contributed by atoms with van der Waals surface area (Å²) >= 11 is 0. The lowest BCUT2D eigenvalue weighted by Gasteiger charge is -2.27. The summed E-state index contributed by atoms with van der Waals surface area (Å²) in [6, 6.07) is 14.6. The predicted molar refractivity (Wildman–Crippen MR) is 116 cm³/mol. The second-order valence-corrected chi connectivity index (χ2v) is 9.87. The normalized spacial score (nSPS) is 18.6. The summed E-state index contributed by atoms with van der Waals surface area (Å²) in [4.78, 5) is 13.2. The summed E-state index contributed by atoms with van der Waals surface area (Å²) in [6.45, 7) is 3.22. The predicted octanol–water partition coefficient (Wildman–Crippen LogP) is 3.93. The zero-order chi connectivity index (χ0) is 21.2. The highest BCUT2D eigenvalue weighted by molar-refractivity contribution is 7.89. The van der Waals surface area contributed by atoms with Gasteiger partial charge in [0.2, 0.25) is 15.9 Å². The lowest BCUT2D eigenvalue weighted by atomic mass is 9.95. The summed E-state index contributed by atoms with van der Waals surface area (Å²) in [7, 11) is -3.69. The van der Waals surface area contributed by atoms with Crippen LogP contribution in [0.15, 0.2) is 53.4 Å². The summed E-state index contributed by atoms with van der Waals surface area (Å²) in [6.07, 6.45) is 4.35. The number of nitrogens with zero attached hydrogens (tertiary/aromatic N) is 1. The second kappa shape index (κ2) is 8.40. The van der Waals surface area contributed by atoms with Crippen molar-refractivity contribution in [2.75, 3.05) is 25.0 Å². The first-order chi connectivity index (χ1) is 14.5. The Bertz CT molecular complexity index is 1010. The Morgan fingerprint density at radius 2 is 1.77 bits per heavy atom. The van der Waals surface area contributed by atoms with Gasteiger partial charge in [-0.1, -0.05) is 36.8 Å². The maximum Gasteiger partial charge on any atom is 0.246 e. The third-order valence-corrected chi connectivity index (χ3v) is 7.87. The monoisotopic (exact) mass is 428 g/mol. The Labute approximate surface area is 178 Å².